The Morgan fingerprint density at radius 1 is 1.04 bits per heavy atom. The smallest absolute Gasteiger partial charge is 0.254 e. The maximum Gasteiger partial charge on any atom is 0.762 e. The van der Waals surface area contributed by atoms with E-state index in [0.717, 1.165) is 12.8 Å². The zero-order valence-corrected chi connectivity index (χ0v) is 16.9. The topological polar surface area (TPSA) is 26.3 Å². The third kappa shape index (κ3) is 11.5. The third-order valence-electron chi connectivity index (χ3n) is 3.17. The monoisotopic (exact) mass is 494 g/mol. The van der Waals surface area contributed by atoms with Crippen LogP contribution in [0.5, 0.6) is 0 Å². The van der Waals surface area contributed by atoms with Gasteiger partial charge in [-0.1, -0.05) is 0 Å². The molecular weight excluding hydrogens is 474 g/mol. The summed E-state index contributed by atoms with van der Waals surface area (Å²) in [5.41, 5.74) is 1.23. The first kappa shape index (κ1) is 23.2. The van der Waals surface area contributed by atoms with Crippen LogP contribution in [0.15, 0.2) is 70.5 Å². The number of hydrogen-bond acceptors (Lipinski definition) is 2. The van der Waals surface area contributed by atoms with E-state index in [2.05, 4.69) is 12.1 Å². The summed E-state index contributed by atoms with van der Waals surface area (Å²) < 4.78 is 50.9. The molecule has 0 aliphatic carbocycles. The predicted octanol–water partition coefficient (Wildman–Crippen LogP) is 6.55. The molecule has 0 aliphatic heterocycles. The van der Waals surface area contributed by atoms with Gasteiger partial charge in [-0.25, -0.2) is 0 Å². The number of benzene rings is 2. The number of allylic oxidation sites excluding steroid dienone is 1. The van der Waals surface area contributed by atoms with Crippen LogP contribution in [-0.4, -0.2) is 13.5 Å². The van der Waals surface area contributed by atoms with Gasteiger partial charge in [-0.2, -0.15) is 0 Å². The fourth-order valence-corrected chi connectivity index (χ4v) is 4.64. The molecule has 0 fully saturated rings. The van der Waals surface area contributed by atoms with E-state index in [0.29, 0.717) is 15.8 Å². The molecule has 0 aliphatic rings. The maximum absolute atomic E-state index is 14.5. The fraction of sp³-hybridized carbons (Fsp3) is 0.211. The van der Waals surface area contributed by atoms with Crippen molar-refractivity contribution in [1.29, 1.82) is 0 Å². The number of aryl methyl sites for hydroxylation is 1. The summed E-state index contributed by atoms with van der Waals surface area (Å²) in [6, 6.07) is 19.2. The molecular formula is C19H20BF4IO2. The normalized spacial score (nSPS) is 11.1. The van der Waals surface area contributed by atoms with Crippen LogP contribution in [0.2, 0.25) is 0 Å². The minimum Gasteiger partial charge on any atom is -0.254 e. The largest absolute Gasteiger partial charge is 0.762 e. The van der Waals surface area contributed by atoms with E-state index in [9.17, 15) is 20.6 Å². The van der Waals surface area contributed by atoms with E-state index in [4.69, 9.17) is 4.74 Å². The summed E-state index contributed by atoms with van der Waals surface area (Å²) in [6.07, 6.45) is 2.27. The number of rotatable bonds is 7. The second-order valence-electron chi connectivity index (χ2n) is 5.31. The standard InChI is InChI=1S/C19H20FIO2.BF3/c1-16(22)23-19(14-8-11-17-9-4-2-5-10-17)15-21(20)18-12-6-3-7-13-18;2-1(3)4/h2-7,9-10,12-13,15H,8,11,14H2,1H3;/b19-15-;. The first-order valence-corrected chi connectivity index (χ1v) is 11.3. The summed E-state index contributed by atoms with van der Waals surface area (Å²) in [7, 11) is -3.67. The first-order valence-electron chi connectivity index (χ1n) is 8.13. The van der Waals surface area contributed by atoms with Crippen molar-refractivity contribution in [2.75, 3.05) is 0 Å². The van der Waals surface area contributed by atoms with Crippen molar-refractivity contribution in [3.05, 3.63) is 79.6 Å². The van der Waals surface area contributed by atoms with E-state index < -0.39 is 33.9 Å². The molecule has 0 radical (unpaired) electrons. The molecule has 146 valence electrons. The Bertz CT molecular complexity index is 697. The van der Waals surface area contributed by atoms with Gasteiger partial charge in [0.05, 0.1) is 0 Å². The van der Waals surface area contributed by atoms with Gasteiger partial charge in [0, 0.05) is 0 Å². The van der Waals surface area contributed by atoms with Gasteiger partial charge in [-0.3, -0.25) is 12.9 Å². The molecule has 0 atom stereocenters. The van der Waals surface area contributed by atoms with Crippen LogP contribution >= 0.6 is 20.4 Å². The van der Waals surface area contributed by atoms with Crippen LogP contribution in [0.3, 0.4) is 0 Å². The average molecular weight is 494 g/mol. The van der Waals surface area contributed by atoms with E-state index in [-0.39, 0.29) is 0 Å². The predicted molar refractivity (Wildman–Crippen MR) is 109 cm³/mol. The number of carbonyl (C=O) groups excluding carboxylic acids is 1. The fourth-order valence-electron chi connectivity index (χ4n) is 2.13. The summed E-state index contributed by atoms with van der Waals surface area (Å²) in [5, 5.41) is 0. The van der Waals surface area contributed by atoms with Gasteiger partial charge in [0.15, 0.2) is 0 Å². The second kappa shape index (κ2) is 13.4. The molecule has 0 N–H and O–H groups in total. The number of ether oxygens (including phenoxy) is 1. The van der Waals surface area contributed by atoms with Crippen molar-refractivity contribution in [2.45, 2.75) is 26.2 Å². The van der Waals surface area contributed by atoms with Gasteiger partial charge in [-0.05, 0) is 0 Å². The minimum absolute atomic E-state index is 0.395. The molecule has 2 aromatic rings. The van der Waals surface area contributed by atoms with Crippen molar-refractivity contribution in [2.24, 2.45) is 0 Å². The van der Waals surface area contributed by atoms with Gasteiger partial charge in [0.25, 0.3) is 0 Å². The molecule has 2 nitrogen and oxygen atoms in total. The van der Waals surface area contributed by atoms with E-state index in [1.165, 1.54) is 12.5 Å². The minimum atomic E-state index is -3.67. The van der Waals surface area contributed by atoms with Crippen LogP contribution in [-0.2, 0) is 16.0 Å². The number of halogens is 5. The van der Waals surface area contributed by atoms with Gasteiger partial charge in [-0.15, -0.1) is 0 Å². The summed E-state index contributed by atoms with van der Waals surface area (Å²) in [5.74, 6) is 0.0679. The SMILES string of the molecule is CC(=O)O/C(=C\I(F)c1ccccc1)CCCc1ccccc1.FB(F)F. The van der Waals surface area contributed by atoms with Crippen LogP contribution in [0.1, 0.15) is 25.3 Å². The van der Waals surface area contributed by atoms with Crippen LogP contribution < -0.4 is 0 Å². The molecule has 0 saturated heterocycles. The first-order chi connectivity index (χ1) is 12.9. The molecule has 8 heteroatoms. The molecule has 0 spiro atoms. The molecule has 0 heterocycles. The van der Waals surface area contributed by atoms with E-state index >= 15 is 0 Å². The molecule has 2 aromatic carbocycles. The summed E-state index contributed by atoms with van der Waals surface area (Å²) >= 11 is -2.92. The van der Waals surface area contributed by atoms with Crippen LogP contribution in [0.4, 0.5) is 15.8 Å². The molecule has 0 amide bonds. The second-order valence-corrected chi connectivity index (χ2v) is 8.68. The third-order valence-corrected chi connectivity index (χ3v) is 6.32. The van der Waals surface area contributed by atoms with Gasteiger partial charge in [0.2, 0.25) is 0 Å². The van der Waals surface area contributed by atoms with Crippen molar-refractivity contribution in [1.82, 2.24) is 0 Å². The Labute approximate surface area is 165 Å². The maximum atomic E-state index is 14.5. The van der Waals surface area contributed by atoms with Gasteiger partial charge in [0.1, 0.15) is 0 Å². The van der Waals surface area contributed by atoms with Gasteiger partial charge >= 0.3 is 152 Å². The van der Waals surface area contributed by atoms with Gasteiger partial charge < -0.3 is 0 Å². The average Bonchev–Trinajstić information content (AvgIpc) is 2.62. The molecule has 27 heavy (non-hydrogen) atoms. The Morgan fingerprint density at radius 3 is 2.07 bits per heavy atom. The Kier molecular flexibility index (Phi) is 11.5. The van der Waals surface area contributed by atoms with E-state index in [1.54, 1.807) is 16.2 Å². The van der Waals surface area contributed by atoms with Crippen molar-refractivity contribution in [3.63, 3.8) is 0 Å². The van der Waals surface area contributed by atoms with Crippen LogP contribution in [0.25, 0.3) is 0 Å². The zero-order chi connectivity index (χ0) is 20.1. The molecule has 0 saturated carbocycles. The number of carbonyl (C=O) groups is 1. The Balaban J connectivity index is 0.000000828. The molecule has 2 rings (SSSR count). The van der Waals surface area contributed by atoms with Crippen LogP contribution in [0, 0.1) is 3.57 Å². The van der Waals surface area contributed by atoms with Crippen molar-refractivity contribution >= 4 is 33.9 Å². The number of hydrogen-bond donors (Lipinski definition) is 0. The number of esters is 1. The van der Waals surface area contributed by atoms with E-state index in [1.807, 2.05) is 36.4 Å². The Hall–Kier alpha value is -1.84. The van der Waals surface area contributed by atoms with Crippen molar-refractivity contribution in [3.8, 4) is 0 Å². The quantitative estimate of drug-likeness (QED) is 0.144. The summed E-state index contributed by atoms with van der Waals surface area (Å²) in [4.78, 5) is 11.2. The molecule has 0 unspecified atom stereocenters. The molecule has 0 bridgehead atoms. The summed E-state index contributed by atoms with van der Waals surface area (Å²) in [6.45, 7) is 1.35. The zero-order valence-electron chi connectivity index (χ0n) is 14.8. The van der Waals surface area contributed by atoms with Crippen molar-refractivity contribution < 1.29 is 25.3 Å². The Morgan fingerprint density at radius 2 is 1.56 bits per heavy atom. The molecule has 0 aromatic heterocycles.